The quantitative estimate of drug-likeness (QED) is 0.603. The van der Waals surface area contributed by atoms with Crippen molar-refractivity contribution in [3.63, 3.8) is 0 Å². The van der Waals surface area contributed by atoms with Crippen molar-refractivity contribution in [2.24, 2.45) is 5.73 Å². The maximum Gasteiger partial charge on any atom is 0.407 e. The molecule has 26 heavy (non-hydrogen) atoms. The van der Waals surface area contributed by atoms with Gasteiger partial charge in [0.2, 0.25) is 0 Å². The van der Waals surface area contributed by atoms with E-state index in [0.29, 0.717) is 5.56 Å². The van der Waals surface area contributed by atoms with Gasteiger partial charge in [-0.05, 0) is 32.9 Å². The van der Waals surface area contributed by atoms with E-state index in [9.17, 15) is 14.4 Å². The summed E-state index contributed by atoms with van der Waals surface area (Å²) in [4.78, 5) is 34.4. The minimum Gasteiger partial charge on any atom is -0.483 e. The van der Waals surface area contributed by atoms with Gasteiger partial charge in [0.1, 0.15) is 11.4 Å². The second-order valence-corrected chi connectivity index (χ2v) is 6.32. The summed E-state index contributed by atoms with van der Waals surface area (Å²) >= 11 is 0. The zero-order chi connectivity index (χ0) is 19.6. The van der Waals surface area contributed by atoms with Crippen molar-refractivity contribution >= 4 is 17.9 Å². The Kier molecular flexibility index (Phi) is 8.14. The fourth-order valence-electron chi connectivity index (χ4n) is 1.80. The van der Waals surface area contributed by atoms with Crippen LogP contribution in [-0.4, -0.2) is 43.2 Å². The van der Waals surface area contributed by atoms with Crippen LogP contribution in [0.4, 0.5) is 4.79 Å². The molecule has 1 aromatic rings. The largest absolute Gasteiger partial charge is 0.483 e. The molecule has 0 saturated heterocycles. The number of hydrogen-bond acceptors (Lipinski definition) is 5. The van der Waals surface area contributed by atoms with Crippen LogP contribution in [0.3, 0.4) is 0 Å². The number of hydrogen-bond donors (Lipinski definition) is 3. The molecule has 3 amide bonds. The van der Waals surface area contributed by atoms with Crippen molar-refractivity contribution in [1.82, 2.24) is 10.6 Å². The highest BCUT2D eigenvalue weighted by Crippen LogP contribution is 2.17. The Morgan fingerprint density at radius 1 is 1.08 bits per heavy atom. The number of para-hydroxylation sites is 1. The van der Waals surface area contributed by atoms with Crippen LogP contribution in [0.1, 0.15) is 31.1 Å². The van der Waals surface area contributed by atoms with Gasteiger partial charge in [0.25, 0.3) is 11.8 Å². The van der Waals surface area contributed by atoms with E-state index >= 15 is 0 Å². The lowest BCUT2D eigenvalue weighted by Crippen LogP contribution is -2.32. The van der Waals surface area contributed by atoms with Crippen molar-refractivity contribution in [2.75, 3.05) is 19.7 Å². The van der Waals surface area contributed by atoms with Crippen LogP contribution in [0, 0.1) is 0 Å². The number of ether oxygens (including phenoxy) is 2. The molecule has 0 atom stereocenters. The molecule has 0 heterocycles. The zero-order valence-electron chi connectivity index (χ0n) is 15.2. The molecule has 142 valence electrons. The molecular formula is C18H25N3O5. The molecule has 0 fully saturated rings. The minimum absolute atomic E-state index is 0.263. The van der Waals surface area contributed by atoms with Crippen LogP contribution in [0.2, 0.25) is 0 Å². The Balaban J connectivity index is 2.41. The molecule has 0 saturated carbocycles. The van der Waals surface area contributed by atoms with Crippen LogP contribution < -0.4 is 21.1 Å². The van der Waals surface area contributed by atoms with Crippen molar-refractivity contribution < 1.29 is 23.9 Å². The van der Waals surface area contributed by atoms with Gasteiger partial charge in [-0.3, -0.25) is 9.59 Å². The first-order valence-electron chi connectivity index (χ1n) is 8.09. The van der Waals surface area contributed by atoms with E-state index in [2.05, 4.69) is 10.6 Å². The average Bonchev–Trinajstić information content (AvgIpc) is 2.54. The molecule has 0 aliphatic heterocycles. The molecule has 0 spiro atoms. The Bertz CT molecular complexity index is 665. The third-order valence-corrected chi connectivity index (χ3v) is 2.81. The number of carbonyl (C=O) groups excluding carboxylic acids is 3. The summed E-state index contributed by atoms with van der Waals surface area (Å²) in [5, 5.41) is 5.26. The predicted molar refractivity (Wildman–Crippen MR) is 96.8 cm³/mol. The van der Waals surface area contributed by atoms with E-state index < -0.39 is 17.6 Å². The Morgan fingerprint density at radius 3 is 2.31 bits per heavy atom. The third-order valence-electron chi connectivity index (χ3n) is 2.81. The van der Waals surface area contributed by atoms with Gasteiger partial charge in [-0.25, -0.2) is 4.79 Å². The molecule has 0 bridgehead atoms. The number of alkyl carbamates (subject to hydrolysis) is 1. The maximum absolute atomic E-state index is 12.2. The maximum atomic E-state index is 12.2. The average molecular weight is 363 g/mol. The second kappa shape index (κ2) is 10.1. The molecule has 1 aromatic carbocycles. The topological polar surface area (TPSA) is 120 Å². The molecule has 0 aliphatic carbocycles. The van der Waals surface area contributed by atoms with Crippen molar-refractivity contribution in [3.05, 3.63) is 42.0 Å². The van der Waals surface area contributed by atoms with Crippen LogP contribution in [0.5, 0.6) is 5.75 Å². The van der Waals surface area contributed by atoms with Crippen molar-refractivity contribution in [3.8, 4) is 5.75 Å². The lowest BCUT2D eigenvalue weighted by Gasteiger charge is -2.19. The third kappa shape index (κ3) is 8.72. The molecule has 0 unspecified atom stereocenters. The summed E-state index contributed by atoms with van der Waals surface area (Å²) in [5.41, 5.74) is 4.79. The summed E-state index contributed by atoms with van der Waals surface area (Å²) < 4.78 is 10.3. The summed E-state index contributed by atoms with van der Waals surface area (Å²) in [7, 11) is 0. The van der Waals surface area contributed by atoms with Crippen molar-refractivity contribution in [1.29, 1.82) is 0 Å². The van der Waals surface area contributed by atoms with E-state index in [1.807, 2.05) is 0 Å². The van der Waals surface area contributed by atoms with E-state index in [-0.39, 0.29) is 31.4 Å². The number of amides is 3. The SMILES string of the molecule is CC(C)(C)OC(=O)NCC=CCNC(=O)c1ccccc1OCC(N)=O. The highest BCUT2D eigenvalue weighted by Gasteiger charge is 2.15. The first-order valence-corrected chi connectivity index (χ1v) is 8.09. The monoisotopic (exact) mass is 363 g/mol. The normalized spacial score (nSPS) is 11.0. The molecule has 4 N–H and O–H groups in total. The first kappa shape index (κ1) is 21.0. The fraction of sp³-hybridized carbons (Fsp3) is 0.389. The van der Waals surface area contributed by atoms with Crippen LogP contribution in [0.15, 0.2) is 36.4 Å². The fourth-order valence-corrected chi connectivity index (χ4v) is 1.80. The van der Waals surface area contributed by atoms with Gasteiger partial charge < -0.3 is 25.8 Å². The summed E-state index contributed by atoms with van der Waals surface area (Å²) in [5.74, 6) is -0.699. The Morgan fingerprint density at radius 2 is 1.69 bits per heavy atom. The lowest BCUT2D eigenvalue weighted by atomic mass is 10.2. The van der Waals surface area contributed by atoms with Crippen LogP contribution in [-0.2, 0) is 9.53 Å². The number of nitrogens with one attached hydrogen (secondary N) is 2. The first-order chi connectivity index (χ1) is 12.2. The zero-order valence-corrected chi connectivity index (χ0v) is 15.2. The number of primary amides is 1. The van der Waals surface area contributed by atoms with E-state index in [0.717, 1.165) is 0 Å². The van der Waals surface area contributed by atoms with Gasteiger partial charge in [-0.15, -0.1) is 0 Å². The molecule has 0 aliphatic rings. The number of benzene rings is 1. The number of nitrogens with two attached hydrogens (primary N) is 1. The van der Waals surface area contributed by atoms with Crippen LogP contribution in [0.25, 0.3) is 0 Å². The minimum atomic E-state index is -0.624. The standard InChI is InChI=1S/C18H25N3O5/c1-18(2,3)26-17(24)21-11-7-6-10-20-16(23)13-8-4-5-9-14(13)25-12-15(19)22/h4-9H,10-12H2,1-3H3,(H2,19,22)(H,20,23)(H,21,24). The smallest absolute Gasteiger partial charge is 0.407 e. The predicted octanol–water partition coefficient (Wildman–Crippen LogP) is 1.36. The molecular weight excluding hydrogens is 338 g/mol. The summed E-state index contributed by atoms with van der Waals surface area (Å²) in [6.07, 6.45) is 2.88. The summed E-state index contributed by atoms with van der Waals surface area (Å²) in [6.45, 7) is 5.58. The van der Waals surface area contributed by atoms with E-state index in [4.69, 9.17) is 15.2 Å². The van der Waals surface area contributed by atoms with E-state index in [1.165, 1.54) is 0 Å². The molecule has 8 nitrogen and oxygen atoms in total. The van der Waals surface area contributed by atoms with E-state index in [1.54, 1.807) is 57.2 Å². The van der Waals surface area contributed by atoms with Gasteiger partial charge >= 0.3 is 6.09 Å². The lowest BCUT2D eigenvalue weighted by molar-refractivity contribution is -0.119. The van der Waals surface area contributed by atoms with Crippen LogP contribution >= 0.6 is 0 Å². The molecule has 0 radical (unpaired) electrons. The summed E-state index contributed by atoms with van der Waals surface area (Å²) in [6, 6.07) is 6.54. The highest BCUT2D eigenvalue weighted by molar-refractivity contribution is 5.97. The van der Waals surface area contributed by atoms with Gasteiger partial charge in [0.15, 0.2) is 6.61 Å². The Hall–Kier alpha value is -3.03. The van der Waals surface area contributed by atoms with Gasteiger partial charge in [-0.1, -0.05) is 24.3 Å². The highest BCUT2D eigenvalue weighted by atomic mass is 16.6. The molecule has 8 heteroatoms. The molecule has 1 rings (SSSR count). The van der Waals surface area contributed by atoms with Gasteiger partial charge in [0, 0.05) is 13.1 Å². The van der Waals surface area contributed by atoms with Crippen molar-refractivity contribution in [2.45, 2.75) is 26.4 Å². The second-order valence-electron chi connectivity index (χ2n) is 6.32. The van der Waals surface area contributed by atoms with Gasteiger partial charge in [-0.2, -0.15) is 0 Å². The number of carbonyl (C=O) groups is 3. The Labute approximate surface area is 152 Å². The number of rotatable bonds is 8. The van der Waals surface area contributed by atoms with Gasteiger partial charge in [0.05, 0.1) is 5.56 Å². The molecule has 0 aromatic heterocycles.